The molecule has 0 aliphatic rings. The fourth-order valence-electron chi connectivity index (χ4n) is 3.33. The first-order chi connectivity index (χ1) is 16.1. The van der Waals surface area contributed by atoms with Gasteiger partial charge in [0.05, 0.1) is 12.7 Å². The van der Waals surface area contributed by atoms with Crippen molar-refractivity contribution in [3.8, 4) is 45.6 Å². The molecule has 4 rings (SSSR count). The zero-order valence-corrected chi connectivity index (χ0v) is 19.2. The van der Waals surface area contributed by atoms with Crippen molar-refractivity contribution in [2.45, 2.75) is 26.9 Å². The Morgan fingerprint density at radius 2 is 0.818 bits per heavy atom. The fraction of sp³-hybridized carbons (Fsp3) is 0.172. The van der Waals surface area contributed by atoms with Crippen molar-refractivity contribution < 1.29 is 18.9 Å². The summed E-state index contributed by atoms with van der Waals surface area (Å²) in [6, 6.07) is 31.4. The van der Waals surface area contributed by atoms with Gasteiger partial charge in [0.15, 0.2) is 0 Å². The van der Waals surface area contributed by atoms with Crippen molar-refractivity contribution in [2.75, 3.05) is 6.61 Å². The number of ether oxygens (including phenoxy) is 4. The molecule has 0 N–H and O–H groups in total. The molecule has 4 aromatic carbocycles. The maximum Gasteiger partial charge on any atom is 0.127 e. The molecule has 0 saturated carbocycles. The van der Waals surface area contributed by atoms with E-state index in [1.807, 2.05) is 118 Å². The second kappa shape index (κ2) is 10.6. The molecule has 33 heavy (non-hydrogen) atoms. The van der Waals surface area contributed by atoms with E-state index < -0.39 is 0 Å². The summed E-state index contributed by atoms with van der Waals surface area (Å²) < 4.78 is 23.0. The highest BCUT2D eigenvalue weighted by molar-refractivity contribution is 5.65. The molecule has 0 aliphatic carbocycles. The molecule has 168 valence electrons. The van der Waals surface area contributed by atoms with Crippen LogP contribution in [0.15, 0.2) is 97.1 Å². The van der Waals surface area contributed by atoms with Crippen LogP contribution in [0.4, 0.5) is 0 Å². The summed E-state index contributed by atoms with van der Waals surface area (Å²) in [5.74, 6) is 4.79. The first kappa shape index (κ1) is 22.3. The Morgan fingerprint density at radius 1 is 0.485 bits per heavy atom. The average molecular weight is 441 g/mol. The van der Waals surface area contributed by atoms with Gasteiger partial charge < -0.3 is 18.9 Å². The van der Waals surface area contributed by atoms with E-state index in [4.69, 9.17) is 18.9 Å². The predicted octanol–water partition coefficient (Wildman–Crippen LogP) is 8.12. The summed E-state index contributed by atoms with van der Waals surface area (Å²) in [7, 11) is 0. The van der Waals surface area contributed by atoms with Crippen molar-refractivity contribution in [1.29, 1.82) is 0 Å². The highest BCUT2D eigenvalue weighted by Gasteiger charge is 2.04. The lowest BCUT2D eigenvalue weighted by Gasteiger charge is -2.11. The minimum atomic E-state index is 0.150. The normalized spacial score (nSPS) is 10.7. The molecule has 0 fully saturated rings. The molecule has 0 amide bonds. The Labute approximate surface area is 195 Å². The van der Waals surface area contributed by atoms with Crippen LogP contribution in [0.1, 0.15) is 20.8 Å². The van der Waals surface area contributed by atoms with Gasteiger partial charge in [0, 0.05) is 0 Å². The van der Waals surface area contributed by atoms with E-state index in [1.54, 1.807) is 0 Å². The van der Waals surface area contributed by atoms with E-state index in [1.165, 1.54) is 0 Å². The second-order valence-corrected chi connectivity index (χ2v) is 7.80. The number of hydrogen-bond donors (Lipinski definition) is 0. The van der Waals surface area contributed by atoms with Gasteiger partial charge in [-0.1, -0.05) is 24.3 Å². The van der Waals surface area contributed by atoms with E-state index in [0.717, 1.165) is 45.6 Å². The molecule has 0 radical (unpaired) electrons. The van der Waals surface area contributed by atoms with Gasteiger partial charge >= 0.3 is 0 Å². The quantitative estimate of drug-likeness (QED) is 0.263. The Balaban J connectivity index is 1.36. The number of benzene rings is 4. The molecule has 4 heteroatoms. The summed E-state index contributed by atoms with van der Waals surface area (Å²) in [4.78, 5) is 0. The molecular weight excluding hydrogens is 412 g/mol. The van der Waals surface area contributed by atoms with Crippen molar-refractivity contribution in [3.63, 3.8) is 0 Å². The lowest BCUT2D eigenvalue weighted by Crippen LogP contribution is -2.05. The zero-order chi connectivity index (χ0) is 23.0. The molecule has 0 bridgehead atoms. The molecule has 0 heterocycles. The Bertz CT molecular complexity index is 1130. The highest BCUT2D eigenvalue weighted by atomic mass is 16.5. The molecule has 0 aromatic heterocycles. The van der Waals surface area contributed by atoms with Crippen molar-refractivity contribution in [2.24, 2.45) is 0 Å². The largest absolute Gasteiger partial charge is 0.494 e. The number of hydrogen-bond acceptors (Lipinski definition) is 4. The summed E-state index contributed by atoms with van der Waals surface area (Å²) in [6.07, 6.45) is 0.150. The van der Waals surface area contributed by atoms with Gasteiger partial charge in [-0.15, -0.1) is 0 Å². The van der Waals surface area contributed by atoms with Gasteiger partial charge in [0.1, 0.15) is 34.5 Å². The van der Waals surface area contributed by atoms with E-state index in [2.05, 4.69) is 0 Å². The van der Waals surface area contributed by atoms with Crippen molar-refractivity contribution >= 4 is 0 Å². The molecule has 4 nitrogen and oxygen atoms in total. The number of rotatable bonds is 9. The lowest BCUT2D eigenvalue weighted by atomic mass is 10.1. The summed E-state index contributed by atoms with van der Waals surface area (Å²) in [6.45, 7) is 6.63. The molecule has 0 unspecified atom stereocenters. The maximum absolute atomic E-state index is 5.95. The van der Waals surface area contributed by atoms with Crippen molar-refractivity contribution in [1.82, 2.24) is 0 Å². The van der Waals surface area contributed by atoms with Gasteiger partial charge in [-0.3, -0.25) is 0 Å². The Hall–Kier alpha value is -3.92. The van der Waals surface area contributed by atoms with Crippen LogP contribution < -0.4 is 18.9 Å². The molecule has 0 saturated heterocycles. The predicted molar refractivity (Wildman–Crippen MR) is 132 cm³/mol. The van der Waals surface area contributed by atoms with Crippen LogP contribution in [0.3, 0.4) is 0 Å². The minimum Gasteiger partial charge on any atom is -0.494 e. The van der Waals surface area contributed by atoms with Gasteiger partial charge in [-0.25, -0.2) is 0 Å². The first-order valence-electron chi connectivity index (χ1n) is 11.1. The molecule has 0 spiro atoms. The van der Waals surface area contributed by atoms with E-state index >= 15 is 0 Å². The van der Waals surface area contributed by atoms with E-state index in [0.29, 0.717) is 6.61 Å². The third kappa shape index (κ3) is 6.30. The van der Waals surface area contributed by atoms with Crippen LogP contribution in [0.2, 0.25) is 0 Å². The summed E-state index contributed by atoms with van der Waals surface area (Å²) in [5, 5.41) is 0. The second-order valence-electron chi connectivity index (χ2n) is 7.80. The minimum absolute atomic E-state index is 0.150. The Kier molecular flexibility index (Phi) is 7.16. The standard InChI is InChI=1S/C29H28O4/c1-4-30-24-13-15-28(16-14-24)32-26-9-5-22(6-10-26)23-7-11-27(12-8-23)33-29-19-17-25(18-20-29)31-21(2)3/h5-21H,4H2,1-3H3. The van der Waals surface area contributed by atoms with Gasteiger partial charge in [0.25, 0.3) is 0 Å². The van der Waals surface area contributed by atoms with E-state index in [9.17, 15) is 0 Å². The average Bonchev–Trinajstić information content (AvgIpc) is 2.83. The molecular formula is C29H28O4. The van der Waals surface area contributed by atoms with Crippen LogP contribution in [-0.4, -0.2) is 12.7 Å². The topological polar surface area (TPSA) is 36.9 Å². The third-order valence-corrected chi connectivity index (χ3v) is 4.84. The highest BCUT2D eigenvalue weighted by Crippen LogP contribution is 2.30. The van der Waals surface area contributed by atoms with Crippen LogP contribution >= 0.6 is 0 Å². The van der Waals surface area contributed by atoms with Crippen LogP contribution in [0, 0.1) is 0 Å². The molecule has 0 atom stereocenters. The zero-order valence-electron chi connectivity index (χ0n) is 19.2. The van der Waals surface area contributed by atoms with Crippen LogP contribution in [-0.2, 0) is 0 Å². The smallest absolute Gasteiger partial charge is 0.127 e. The van der Waals surface area contributed by atoms with Crippen LogP contribution in [0.25, 0.3) is 11.1 Å². The van der Waals surface area contributed by atoms with Gasteiger partial charge in [-0.2, -0.15) is 0 Å². The lowest BCUT2D eigenvalue weighted by molar-refractivity contribution is 0.242. The monoisotopic (exact) mass is 440 g/mol. The SMILES string of the molecule is CCOc1ccc(Oc2ccc(-c3ccc(Oc4ccc(OC(C)C)cc4)cc3)cc2)cc1. The maximum atomic E-state index is 5.95. The first-order valence-corrected chi connectivity index (χ1v) is 11.1. The van der Waals surface area contributed by atoms with Gasteiger partial charge in [-0.05, 0) is 105 Å². The summed E-state index contributed by atoms with van der Waals surface area (Å²) >= 11 is 0. The van der Waals surface area contributed by atoms with Crippen LogP contribution in [0.5, 0.6) is 34.5 Å². The van der Waals surface area contributed by atoms with Crippen molar-refractivity contribution in [3.05, 3.63) is 97.1 Å². The fourth-order valence-corrected chi connectivity index (χ4v) is 3.33. The summed E-state index contributed by atoms with van der Waals surface area (Å²) in [5.41, 5.74) is 2.21. The van der Waals surface area contributed by atoms with E-state index in [-0.39, 0.29) is 6.10 Å². The molecule has 4 aromatic rings. The van der Waals surface area contributed by atoms with Gasteiger partial charge in [0.2, 0.25) is 0 Å². The molecule has 0 aliphatic heterocycles. The third-order valence-electron chi connectivity index (χ3n) is 4.84. The Morgan fingerprint density at radius 3 is 1.18 bits per heavy atom.